The fourth-order valence-corrected chi connectivity index (χ4v) is 2.42. The molecule has 4 nitrogen and oxygen atoms in total. The van der Waals surface area contributed by atoms with Crippen molar-refractivity contribution in [2.75, 3.05) is 6.54 Å². The van der Waals surface area contributed by atoms with Crippen molar-refractivity contribution in [1.29, 1.82) is 0 Å². The van der Waals surface area contributed by atoms with E-state index in [1.54, 1.807) is 24.4 Å². The average molecular weight is 281 g/mol. The van der Waals surface area contributed by atoms with Gasteiger partial charge in [-0.1, -0.05) is 18.0 Å². The lowest BCUT2D eigenvalue weighted by molar-refractivity contribution is -0.116. The molecule has 1 heterocycles. The molecule has 1 fully saturated rings. The lowest BCUT2D eigenvalue weighted by atomic mass is 10.1. The lowest BCUT2D eigenvalue weighted by Gasteiger charge is -2.13. The molecule has 1 amide bonds. The van der Waals surface area contributed by atoms with Crippen LogP contribution in [0.5, 0.6) is 0 Å². The molecule has 102 valence electrons. The number of carbonyl (C=O) groups is 1. The van der Waals surface area contributed by atoms with Gasteiger partial charge in [0.25, 0.3) is 0 Å². The van der Waals surface area contributed by atoms with Crippen LogP contribution in [0.4, 0.5) is 0 Å². The van der Waals surface area contributed by atoms with Crippen molar-refractivity contribution < 1.29 is 9.90 Å². The third-order valence-electron chi connectivity index (χ3n) is 3.34. The molecular formula is C14H17ClN2O2. The van der Waals surface area contributed by atoms with Crippen molar-refractivity contribution in [3.63, 3.8) is 0 Å². The standard InChI is InChI=1S/C14H17ClN2O2/c15-13-8-10(6-7-16-13)4-5-14(19)17-9-11-2-1-3-12(11)18/h4-8,11-12,18H,1-3,9H2,(H,17,19)/b5-4+. The normalized spacial score (nSPS) is 22.8. The minimum absolute atomic E-state index is 0.160. The molecule has 1 saturated carbocycles. The number of aliphatic hydroxyl groups is 1. The van der Waals surface area contributed by atoms with E-state index in [0.717, 1.165) is 24.8 Å². The van der Waals surface area contributed by atoms with Crippen LogP contribution in [0.15, 0.2) is 24.4 Å². The van der Waals surface area contributed by atoms with Crippen LogP contribution >= 0.6 is 11.6 Å². The molecule has 1 aromatic rings. The van der Waals surface area contributed by atoms with Crippen LogP contribution in [-0.2, 0) is 4.79 Å². The quantitative estimate of drug-likeness (QED) is 0.655. The number of hydrogen-bond acceptors (Lipinski definition) is 3. The van der Waals surface area contributed by atoms with E-state index in [4.69, 9.17) is 11.6 Å². The Morgan fingerprint density at radius 3 is 3.11 bits per heavy atom. The van der Waals surface area contributed by atoms with Gasteiger partial charge >= 0.3 is 0 Å². The highest BCUT2D eigenvalue weighted by Gasteiger charge is 2.24. The summed E-state index contributed by atoms with van der Waals surface area (Å²) in [5.41, 5.74) is 0.830. The summed E-state index contributed by atoms with van der Waals surface area (Å²) < 4.78 is 0. The summed E-state index contributed by atoms with van der Waals surface area (Å²) in [7, 11) is 0. The molecule has 1 aromatic heterocycles. The van der Waals surface area contributed by atoms with E-state index in [1.165, 1.54) is 6.08 Å². The minimum Gasteiger partial charge on any atom is -0.393 e. The summed E-state index contributed by atoms with van der Waals surface area (Å²) in [6.07, 6.45) is 7.32. The van der Waals surface area contributed by atoms with Gasteiger partial charge in [-0.3, -0.25) is 4.79 Å². The largest absolute Gasteiger partial charge is 0.393 e. The highest BCUT2D eigenvalue weighted by molar-refractivity contribution is 6.29. The molecule has 2 unspecified atom stereocenters. The Morgan fingerprint density at radius 2 is 2.42 bits per heavy atom. The maximum absolute atomic E-state index is 11.6. The Labute approximate surface area is 117 Å². The Kier molecular flexibility index (Phi) is 4.93. The fourth-order valence-electron chi connectivity index (χ4n) is 2.24. The van der Waals surface area contributed by atoms with E-state index < -0.39 is 0 Å². The Morgan fingerprint density at radius 1 is 1.58 bits per heavy atom. The third-order valence-corrected chi connectivity index (χ3v) is 3.54. The Bertz CT molecular complexity index is 476. The van der Waals surface area contributed by atoms with Crippen molar-refractivity contribution in [1.82, 2.24) is 10.3 Å². The predicted octanol–water partition coefficient (Wildman–Crippen LogP) is 2.03. The number of carbonyl (C=O) groups excluding carboxylic acids is 1. The van der Waals surface area contributed by atoms with Crippen molar-refractivity contribution in [3.05, 3.63) is 35.1 Å². The van der Waals surface area contributed by atoms with Gasteiger partial charge in [0, 0.05) is 24.7 Å². The van der Waals surface area contributed by atoms with E-state index >= 15 is 0 Å². The minimum atomic E-state index is -0.275. The molecule has 0 saturated heterocycles. The summed E-state index contributed by atoms with van der Waals surface area (Å²) in [6, 6.07) is 3.46. The van der Waals surface area contributed by atoms with Crippen LogP contribution in [0.2, 0.25) is 5.15 Å². The number of rotatable bonds is 4. The zero-order valence-corrected chi connectivity index (χ0v) is 11.3. The van der Waals surface area contributed by atoms with Crippen LogP contribution in [0.1, 0.15) is 24.8 Å². The van der Waals surface area contributed by atoms with Crippen molar-refractivity contribution in [2.45, 2.75) is 25.4 Å². The number of hydrogen-bond donors (Lipinski definition) is 2. The van der Waals surface area contributed by atoms with Gasteiger partial charge in [-0.25, -0.2) is 4.98 Å². The van der Waals surface area contributed by atoms with Gasteiger partial charge in [0.05, 0.1) is 6.10 Å². The van der Waals surface area contributed by atoms with Crippen LogP contribution in [0, 0.1) is 5.92 Å². The molecule has 2 atom stereocenters. The lowest BCUT2D eigenvalue weighted by Crippen LogP contribution is -2.31. The van der Waals surface area contributed by atoms with Crippen LogP contribution in [0.3, 0.4) is 0 Å². The summed E-state index contributed by atoms with van der Waals surface area (Å²) in [6.45, 7) is 0.529. The molecule has 5 heteroatoms. The molecule has 2 rings (SSSR count). The zero-order chi connectivity index (χ0) is 13.7. The topological polar surface area (TPSA) is 62.2 Å². The molecule has 1 aliphatic carbocycles. The van der Waals surface area contributed by atoms with Gasteiger partial charge in [0.2, 0.25) is 5.91 Å². The van der Waals surface area contributed by atoms with E-state index in [-0.39, 0.29) is 17.9 Å². The van der Waals surface area contributed by atoms with E-state index in [9.17, 15) is 9.90 Å². The van der Waals surface area contributed by atoms with Crippen molar-refractivity contribution in [2.24, 2.45) is 5.92 Å². The van der Waals surface area contributed by atoms with Gasteiger partial charge in [-0.15, -0.1) is 0 Å². The van der Waals surface area contributed by atoms with Crippen LogP contribution in [0.25, 0.3) is 6.08 Å². The number of nitrogens with zero attached hydrogens (tertiary/aromatic N) is 1. The number of nitrogens with one attached hydrogen (secondary N) is 1. The molecule has 1 aliphatic rings. The molecular weight excluding hydrogens is 264 g/mol. The highest BCUT2D eigenvalue weighted by Crippen LogP contribution is 2.24. The number of amides is 1. The highest BCUT2D eigenvalue weighted by atomic mass is 35.5. The Hall–Kier alpha value is -1.39. The van der Waals surface area contributed by atoms with Crippen molar-refractivity contribution in [3.8, 4) is 0 Å². The summed E-state index contributed by atoms with van der Waals surface area (Å²) >= 11 is 5.75. The van der Waals surface area contributed by atoms with Crippen LogP contribution in [-0.4, -0.2) is 28.6 Å². The first-order valence-corrected chi connectivity index (χ1v) is 6.78. The molecule has 0 spiro atoms. The molecule has 0 aliphatic heterocycles. The predicted molar refractivity (Wildman–Crippen MR) is 74.6 cm³/mol. The molecule has 19 heavy (non-hydrogen) atoms. The van der Waals surface area contributed by atoms with Crippen molar-refractivity contribution >= 4 is 23.6 Å². The number of halogens is 1. The first kappa shape index (κ1) is 14.0. The zero-order valence-electron chi connectivity index (χ0n) is 10.6. The first-order chi connectivity index (χ1) is 9.15. The van der Waals surface area contributed by atoms with E-state index in [0.29, 0.717) is 11.7 Å². The van der Waals surface area contributed by atoms with Gasteiger partial charge in [-0.05, 0) is 36.6 Å². The van der Waals surface area contributed by atoms with Gasteiger partial charge < -0.3 is 10.4 Å². The molecule has 0 aromatic carbocycles. The molecule has 0 bridgehead atoms. The maximum Gasteiger partial charge on any atom is 0.244 e. The Balaban J connectivity index is 1.81. The smallest absolute Gasteiger partial charge is 0.244 e. The second-order valence-corrected chi connectivity index (χ2v) is 5.14. The molecule has 2 N–H and O–H groups in total. The summed E-state index contributed by atoms with van der Waals surface area (Å²) in [5, 5.41) is 12.9. The van der Waals surface area contributed by atoms with Crippen LogP contribution < -0.4 is 5.32 Å². The fraction of sp³-hybridized carbons (Fsp3) is 0.429. The second-order valence-electron chi connectivity index (χ2n) is 4.75. The summed E-state index contributed by atoms with van der Waals surface area (Å²) in [4.78, 5) is 15.5. The monoisotopic (exact) mass is 280 g/mol. The summed E-state index contributed by atoms with van der Waals surface area (Å²) in [5.74, 6) is 0.0276. The number of aromatic nitrogens is 1. The van der Waals surface area contributed by atoms with Gasteiger partial charge in [0.1, 0.15) is 5.15 Å². The first-order valence-electron chi connectivity index (χ1n) is 6.40. The third kappa shape index (κ3) is 4.33. The maximum atomic E-state index is 11.6. The van der Waals surface area contributed by atoms with Gasteiger partial charge in [-0.2, -0.15) is 0 Å². The van der Waals surface area contributed by atoms with E-state index in [1.807, 2.05) is 0 Å². The molecule has 0 radical (unpaired) electrons. The van der Waals surface area contributed by atoms with Gasteiger partial charge in [0.15, 0.2) is 0 Å². The number of pyridine rings is 1. The van der Waals surface area contributed by atoms with E-state index in [2.05, 4.69) is 10.3 Å². The SMILES string of the molecule is O=C(/C=C/c1ccnc(Cl)c1)NCC1CCCC1O. The second kappa shape index (κ2) is 6.68. The average Bonchev–Trinajstić information content (AvgIpc) is 2.80. The number of aliphatic hydroxyl groups excluding tert-OH is 1.